The monoisotopic (exact) mass is 593 g/mol. The molecule has 0 atom stereocenters. The van der Waals surface area contributed by atoms with E-state index in [2.05, 4.69) is 61.8 Å². The van der Waals surface area contributed by atoms with Crippen LogP contribution in [0.3, 0.4) is 0 Å². The van der Waals surface area contributed by atoms with Gasteiger partial charge in [-0.1, -0.05) is 66.7 Å². The van der Waals surface area contributed by atoms with Crippen molar-refractivity contribution in [2.45, 2.75) is 25.4 Å². The summed E-state index contributed by atoms with van der Waals surface area (Å²) in [4.78, 5) is 28.4. The molecular formula is C35H31N9O. The fourth-order valence-corrected chi connectivity index (χ4v) is 6.46. The van der Waals surface area contributed by atoms with Crippen molar-refractivity contribution < 1.29 is 0 Å². The number of nitrogens with zero attached hydrogens (tertiary/aromatic N) is 8. The van der Waals surface area contributed by atoms with Crippen molar-refractivity contribution >= 4 is 22.1 Å². The van der Waals surface area contributed by atoms with Crippen molar-refractivity contribution in [1.82, 2.24) is 44.6 Å². The third-order valence-electron chi connectivity index (χ3n) is 8.77. The predicted octanol–water partition coefficient (Wildman–Crippen LogP) is 5.63. The Bertz CT molecular complexity index is 2190. The molecule has 0 radical (unpaired) electrons. The molecule has 0 saturated carbocycles. The second kappa shape index (κ2) is 11.2. The molecule has 3 aromatic heterocycles. The van der Waals surface area contributed by atoms with Crippen LogP contribution in [0.15, 0.2) is 102 Å². The maximum absolute atomic E-state index is 12.7. The summed E-state index contributed by atoms with van der Waals surface area (Å²) in [7, 11) is 1.82. The Labute approximate surface area is 259 Å². The average molecular weight is 594 g/mol. The highest BCUT2D eigenvalue weighted by Gasteiger charge is 2.24. The van der Waals surface area contributed by atoms with Gasteiger partial charge < -0.3 is 4.98 Å². The number of hydrogen-bond donors (Lipinski definition) is 1. The second-order valence-electron chi connectivity index (χ2n) is 11.6. The normalized spacial score (nSPS) is 14.4. The fourth-order valence-electron chi connectivity index (χ4n) is 6.46. The number of fused-ring (bicyclic) bond motifs is 2. The molecule has 1 aliphatic rings. The van der Waals surface area contributed by atoms with Gasteiger partial charge in [0.2, 0.25) is 0 Å². The molecular weight excluding hydrogens is 562 g/mol. The molecule has 10 nitrogen and oxygen atoms in total. The van der Waals surface area contributed by atoms with Gasteiger partial charge in [0.15, 0.2) is 5.82 Å². The molecule has 0 bridgehead atoms. The number of aryl methyl sites for hydroxylation is 1. The summed E-state index contributed by atoms with van der Waals surface area (Å²) in [5.74, 6) is 0.677. The molecule has 222 valence electrons. The quantitative estimate of drug-likeness (QED) is 0.266. The van der Waals surface area contributed by atoms with Crippen LogP contribution in [0.2, 0.25) is 0 Å². The Hall–Kier alpha value is -5.48. The van der Waals surface area contributed by atoms with Gasteiger partial charge in [0, 0.05) is 49.4 Å². The first-order valence-corrected chi connectivity index (χ1v) is 15.2. The van der Waals surface area contributed by atoms with E-state index < -0.39 is 0 Å². The number of piperidine rings is 1. The maximum Gasteiger partial charge on any atom is 0.326 e. The lowest BCUT2D eigenvalue weighted by Gasteiger charge is -2.32. The van der Waals surface area contributed by atoms with E-state index in [1.807, 2.05) is 72.3 Å². The van der Waals surface area contributed by atoms with Crippen LogP contribution in [0.25, 0.3) is 56.0 Å². The zero-order valence-electron chi connectivity index (χ0n) is 24.8. The Morgan fingerprint density at radius 1 is 0.778 bits per heavy atom. The summed E-state index contributed by atoms with van der Waals surface area (Å²) >= 11 is 0. The number of benzene rings is 4. The summed E-state index contributed by atoms with van der Waals surface area (Å²) in [6.45, 7) is 2.75. The van der Waals surface area contributed by atoms with Crippen molar-refractivity contribution in [3.63, 3.8) is 0 Å². The van der Waals surface area contributed by atoms with Gasteiger partial charge in [-0.15, -0.1) is 5.10 Å². The molecule has 0 amide bonds. The van der Waals surface area contributed by atoms with Crippen LogP contribution in [0, 0.1) is 0 Å². The number of nitrogens with one attached hydrogen (secondary N) is 1. The van der Waals surface area contributed by atoms with Crippen molar-refractivity contribution in [3.05, 3.63) is 113 Å². The number of aromatic amines is 1. The minimum atomic E-state index is -0.0138. The number of para-hydroxylation sites is 2. The van der Waals surface area contributed by atoms with E-state index in [4.69, 9.17) is 9.97 Å². The molecule has 1 aliphatic heterocycles. The van der Waals surface area contributed by atoms with Crippen LogP contribution in [0.4, 0.5) is 0 Å². The van der Waals surface area contributed by atoms with E-state index in [9.17, 15) is 4.79 Å². The zero-order valence-corrected chi connectivity index (χ0v) is 24.8. The molecule has 1 saturated heterocycles. The lowest BCUT2D eigenvalue weighted by molar-refractivity contribution is 0.180. The van der Waals surface area contributed by atoms with Crippen molar-refractivity contribution in [2.24, 2.45) is 7.05 Å². The SMILES string of the molecule is Cn1nnnc1-c1ccc2nc(-c3ccc(CN4CCC(n5c(=O)[nH]c6ccccc65)CC4)cc3)c(-c3ccccc3)nc2c1. The molecule has 4 aromatic carbocycles. The zero-order chi connectivity index (χ0) is 30.3. The molecule has 45 heavy (non-hydrogen) atoms. The van der Waals surface area contributed by atoms with Gasteiger partial charge in [-0.2, -0.15) is 0 Å². The minimum absolute atomic E-state index is 0.0138. The topological polar surface area (TPSA) is 110 Å². The van der Waals surface area contributed by atoms with Crippen LogP contribution in [0.5, 0.6) is 0 Å². The first kappa shape index (κ1) is 27.1. The molecule has 8 rings (SSSR count). The van der Waals surface area contributed by atoms with Crippen molar-refractivity contribution in [1.29, 1.82) is 0 Å². The highest BCUT2D eigenvalue weighted by Crippen LogP contribution is 2.33. The number of likely N-dealkylation sites (tertiary alicyclic amines) is 1. The summed E-state index contributed by atoms with van der Waals surface area (Å²) in [6, 6.07) is 33.0. The van der Waals surface area contributed by atoms with Crippen LogP contribution >= 0.6 is 0 Å². The van der Waals surface area contributed by atoms with Gasteiger partial charge in [0.1, 0.15) is 0 Å². The van der Waals surface area contributed by atoms with Crippen LogP contribution < -0.4 is 5.69 Å². The first-order valence-electron chi connectivity index (χ1n) is 15.2. The lowest BCUT2D eigenvalue weighted by atomic mass is 10.0. The van der Waals surface area contributed by atoms with Crippen molar-refractivity contribution in [2.75, 3.05) is 13.1 Å². The Kier molecular flexibility index (Phi) is 6.76. The highest BCUT2D eigenvalue weighted by atomic mass is 16.1. The predicted molar refractivity (Wildman–Crippen MR) is 174 cm³/mol. The largest absolute Gasteiger partial charge is 0.326 e. The molecule has 1 N–H and O–H groups in total. The number of hydrogen-bond acceptors (Lipinski definition) is 7. The average Bonchev–Trinajstić information content (AvgIpc) is 3.67. The Morgan fingerprint density at radius 3 is 2.22 bits per heavy atom. The van der Waals surface area contributed by atoms with Gasteiger partial charge in [0.25, 0.3) is 0 Å². The molecule has 7 aromatic rings. The number of imidazole rings is 1. The van der Waals surface area contributed by atoms with Crippen LogP contribution in [-0.4, -0.2) is 57.7 Å². The number of rotatable bonds is 6. The molecule has 1 fully saturated rings. The number of H-pyrrole nitrogens is 1. The summed E-state index contributed by atoms with van der Waals surface area (Å²) < 4.78 is 3.60. The fraction of sp³-hybridized carbons (Fsp3) is 0.200. The number of tetrazole rings is 1. The second-order valence-corrected chi connectivity index (χ2v) is 11.6. The third kappa shape index (κ3) is 5.08. The Morgan fingerprint density at radius 2 is 1.47 bits per heavy atom. The molecule has 0 unspecified atom stereocenters. The van der Waals surface area contributed by atoms with Crippen molar-refractivity contribution in [3.8, 4) is 33.9 Å². The van der Waals surface area contributed by atoms with E-state index in [1.54, 1.807) is 4.68 Å². The summed E-state index contributed by atoms with van der Waals surface area (Å²) in [5, 5.41) is 11.9. The van der Waals surface area contributed by atoms with E-state index in [-0.39, 0.29) is 11.7 Å². The molecule has 10 heteroatoms. The highest BCUT2D eigenvalue weighted by molar-refractivity contribution is 5.88. The molecule has 0 spiro atoms. The smallest absolute Gasteiger partial charge is 0.306 e. The maximum atomic E-state index is 12.7. The number of aromatic nitrogens is 8. The lowest BCUT2D eigenvalue weighted by Crippen LogP contribution is -2.36. The standard InChI is InChI=1S/C35H31N9O/c1-42-34(39-40-41-42)26-15-16-28-30(21-26)37-32(24-7-3-2-4-8-24)33(36-28)25-13-11-23(12-14-25)22-43-19-17-27(18-20-43)44-31-10-6-5-9-29(31)38-35(44)45/h2-16,21,27H,17-20,22H2,1H3,(H,38,45). The van der Waals surface area contributed by atoms with Crippen LogP contribution in [-0.2, 0) is 13.6 Å². The van der Waals surface area contributed by atoms with E-state index in [1.165, 1.54) is 5.56 Å². The Balaban J connectivity index is 1.04. The van der Waals surface area contributed by atoms with Crippen LogP contribution in [0.1, 0.15) is 24.4 Å². The van der Waals surface area contributed by atoms with E-state index in [0.29, 0.717) is 5.82 Å². The molecule has 0 aliphatic carbocycles. The summed E-state index contributed by atoms with van der Waals surface area (Å²) in [5.41, 5.74) is 9.32. The van der Waals surface area contributed by atoms with Gasteiger partial charge in [-0.3, -0.25) is 9.47 Å². The van der Waals surface area contributed by atoms with Gasteiger partial charge >= 0.3 is 5.69 Å². The third-order valence-corrected chi connectivity index (χ3v) is 8.77. The van der Waals surface area contributed by atoms with Gasteiger partial charge in [-0.05, 0) is 59.2 Å². The van der Waals surface area contributed by atoms with Gasteiger partial charge in [-0.25, -0.2) is 19.4 Å². The van der Waals surface area contributed by atoms with E-state index in [0.717, 1.165) is 82.6 Å². The molecule has 4 heterocycles. The van der Waals surface area contributed by atoms with Gasteiger partial charge in [0.05, 0.1) is 33.5 Å². The summed E-state index contributed by atoms with van der Waals surface area (Å²) in [6.07, 6.45) is 1.89. The van der Waals surface area contributed by atoms with E-state index >= 15 is 0 Å². The minimum Gasteiger partial charge on any atom is -0.306 e. The first-order chi connectivity index (χ1) is 22.1.